The van der Waals surface area contributed by atoms with E-state index < -0.39 is 35.8 Å². The summed E-state index contributed by atoms with van der Waals surface area (Å²) in [6, 6.07) is 1.93. The molecule has 1 nitrogen and oxygen atoms in total. The maximum Gasteiger partial charge on any atom is 0.419 e. The average Bonchev–Trinajstić information content (AvgIpc) is 2.13. The van der Waals surface area contributed by atoms with Gasteiger partial charge in [-0.25, -0.2) is 4.39 Å². The second-order valence-electron chi connectivity index (χ2n) is 2.49. The number of benzene rings is 1. The van der Waals surface area contributed by atoms with Gasteiger partial charge in [-0.05, 0) is 19.0 Å². The quantitative estimate of drug-likeness (QED) is 0.513. The van der Waals surface area contributed by atoms with Crippen LogP contribution in [-0.4, -0.2) is 5.78 Å². The van der Waals surface area contributed by atoms with Crippen molar-refractivity contribution in [1.29, 1.82) is 0 Å². The minimum Gasteiger partial charge on any atom is -0.294 e. The van der Waals surface area contributed by atoms with Crippen LogP contribution in [0.15, 0.2) is 18.2 Å². The Morgan fingerprint density at radius 1 is 1.43 bits per heavy atom. The number of carbonyl (C=O) groups excluding carboxylic acids is 1. The van der Waals surface area contributed by atoms with E-state index >= 15 is 0 Å². The lowest BCUT2D eigenvalue weighted by Crippen LogP contribution is -2.11. The zero-order valence-electron chi connectivity index (χ0n) is 9.65. The Bertz CT molecular complexity index is 451. The van der Waals surface area contributed by atoms with Crippen LogP contribution in [0, 0.1) is 5.82 Å². The topological polar surface area (TPSA) is 17.1 Å². The number of rotatable bonds is 1. The van der Waals surface area contributed by atoms with Crippen LogP contribution in [0.2, 0.25) is 0 Å². The van der Waals surface area contributed by atoms with Crippen molar-refractivity contribution in [2.75, 3.05) is 0 Å². The molecule has 0 saturated carbocycles. The maximum atomic E-state index is 13.4. The second kappa shape index (κ2) is 3.40. The number of hydrogen-bond acceptors (Lipinski definition) is 1. The minimum absolute atomic E-state index is 0.436. The van der Waals surface area contributed by atoms with Crippen molar-refractivity contribution in [3.05, 3.63) is 35.1 Å². The first-order chi connectivity index (χ1) is 7.55. The maximum absolute atomic E-state index is 13.4. The van der Waals surface area contributed by atoms with Crippen LogP contribution in [0.1, 0.15) is 26.9 Å². The first-order valence-electron chi connectivity index (χ1n) is 4.95. The third-order valence-corrected chi connectivity index (χ3v) is 1.55. The molecule has 0 bridgehead atoms. The molecule has 0 fully saturated rings. The molecule has 0 amide bonds. The summed E-state index contributed by atoms with van der Waals surface area (Å²) in [5.41, 5.74) is -2.74. The molecule has 0 saturated heterocycles. The standard InChI is InChI=1S/C9H6F4O/c1-5(14)6-3-2-4-7(8(6)10)9(11,12)13/h2-4H,1H3/i1D3. The van der Waals surface area contributed by atoms with Gasteiger partial charge in [-0.2, -0.15) is 13.2 Å². The van der Waals surface area contributed by atoms with Gasteiger partial charge in [0.15, 0.2) is 5.78 Å². The third-order valence-electron chi connectivity index (χ3n) is 1.55. The van der Waals surface area contributed by atoms with E-state index in [1.165, 1.54) is 0 Å². The van der Waals surface area contributed by atoms with E-state index in [-0.39, 0.29) is 0 Å². The molecule has 0 aliphatic heterocycles. The highest BCUT2D eigenvalue weighted by atomic mass is 19.4. The van der Waals surface area contributed by atoms with E-state index in [1.807, 2.05) is 0 Å². The Balaban J connectivity index is 3.35. The molecular weight excluding hydrogens is 200 g/mol. The predicted molar refractivity (Wildman–Crippen MR) is 41.4 cm³/mol. The van der Waals surface area contributed by atoms with Gasteiger partial charge in [-0.15, -0.1) is 0 Å². The van der Waals surface area contributed by atoms with Crippen molar-refractivity contribution < 1.29 is 26.5 Å². The van der Waals surface area contributed by atoms with Crippen LogP contribution in [0.25, 0.3) is 0 Å². The molecule has 76 valence electrons. The molecule has 0 aromatic heterocycles. The largest absolute Gasteiger partial charge is 0.419 e. The van der Waals surface area contributed by atoms with Crippen molar-refractivity contribution in [3.63, 3.8) is 0 Å². The van der Waals surface area contributed by atoms with Gasteiger partial charge in [0, 0.05) is 4.11 Å². The molecule has 5 heteroatoms. The average molecular weight is 209 g/mol. The fourth-order valence-electron chi connectivity index (χ4n) is 0.926. The van der Waals surface area contributed by atoms with Crippen LogP contribution in [0.4, 0.5) is 17.6 Å². The fraction of sp³-hybridized carbons (Fsp3) is 0.222. The third kappa shape index (κ3) is 1.92. The lowest BCUT2D eigenvalue weighted by molar-refractivity contribution is -0.140. The van der Waals surface area contributed by atoms with Crippen LogP contribution < -0.4 is 0 Å². The monoisotopic (exact) mass is 209 g/mol. The van der Waals surface area contributed by atoms with Crippen LogP contribution in [-0.2, 0) is 6.18 Å². The van der Waals surface area contributed by atoms with E-state index in [4.69, 9.17) is 4.11 Å². The minimum atomic E-state index is -4.98. The SMILES string of the molecule is [2H]C([2H])([2H])C(=O)c1cccc(C(F)(F)F)c1F. The summed E-state index contributed by atoms with van der Waals surface area (Å²) in [6.45, 7) is -3.18. The van der Waals surface area contributed by atoms with E-state index in [9.17, 15) is 22.4 Å². The van der Waals surface area contributed by atoms with Crippen LogP contribution in [0.5, 0.6) is 0 Å². The van der Waals surface area contributed by atoms with Gasteiger partial charge in [-0.3, -0.25) is 4.79 Å². The zero-order valence-corrected chi connectivity index (χ0v) is 6.65. The van der Waals surface area contributed by atoms with E-state index in [1.54, 1.807) is 0 Å². The van der Waals surface area contributed by atoms with Gasteiger partial charge in [0.1, 0.15) is 5.82 Å². The Kier molecular flexibility index (Phi) is 1.69. The predicted octanol–water partition coefficient (Wildman–Crippen LogP) is 3.05. The molecule has 1 rings (SSSR count). The molecule has 0 atom stereocenters. The van der Waals surface area contributed by atoms with Gasteiger partial charge >= 0.3 is 6.18 Å². The Labute approximate surface area is 81.6 Å². The van der Waals surface area contributed by atoms with E-state index in [0.29, 0.717) is 12.1 Å². The Morgan fingerprint density at radius 2 is 2.07 bits per heavy atom. The summed E-state index contributed by atoms with van der Waals surface area (Å²) in [6.07, 6.45) is -4.98. The highest BCUT2D eigenvalue weighted by Gasteiger charge is 2.35. The second-order valence-corrected chi connectivity index (χ2v) is 2.49. The molecule has 0 aliphatic carbocycles. The van der Waals surface area contributed by atoms with Gasteiger partial charge in [0.05, 0.1) is 11.1 Å². The molecule has 0 N–H and O–H groups in total. The van der Waals surface area contributed by atoms with Gasteiger partial charge in [-0.1, -0.05) is 6.07 Å². The highest BCUT2D eigenvalue weighted by molar-refractivity contribution is 5.94. The van der Waals surface area contributed by atoms with Crippen molar-refractivity contribution in [2.45, 2.75) is 13.0 Å². The van der Waals surface area contributed by atoms with Gasteiger partial charge in [0.25, 0.3) is 0 Å². The first kappa shape index (κ1) is 6.98. The molecular formula is C9H6F4O. The summed E-state index contributed by atoms with van der Waals surface area (Å²) in [5.74, 6) is -3.51. The lowest BCUT2D eigenvalue weighted by atomic mass is 10.1. The summed E-state index contributed by atoms with van der Waals surface area (Å²) < 4.78 is 70.5. The fourth-order valence-corrected chi connectivity index (χ4v) is 0.926. The number of Topliss-reactive ketones (excluding diaryl/α,β-unsaturated/α-hetero) is 1. The Morgan fingerprint density at radius 3 is 2.57 bits per heavy atom. The number of hydrogen-bond donors (Lipinski definition) is 0. The van der Waals surface area contributed by atoms with E-state index in [2.05, 4.69) is 0 Å². The highest BCUT2D eigenvalue weighted by Crippen LogP contribution is 2.32. The number of ketones is 1. The van der Waals surface area contributed by atoms with Gasteiger partial charge < -0.3 is 0 Å². The molecule has 0 unspecified atom stereocenters. The molecule has 1 aromatic rings. The van der Waals surface area contributed by atoms with Crippen LogP contribution in [0.3, 0.4) is 0 Å². The lowest BCUT2D eigenvalue weighted by Gasteiger charge is -2.09. The smallest absolute Gasteiger partial charge is 0.294 e. The molecule has 1 aromatic carbocycles. The molecule has 0 heterocycles. The number of halogens is 4. The van der Waals surface area contributed by atoms with Gasteiger partial charge in [0.2, 0.25) is 0 Å². The first-order valence-corrected chi connectivity index (χ1v) is 3.45. The van der Waals surface area contributed by atoms with Crippen molar-refractivity contribution in [3.8, 4) is 0 Å². The number of carbonyl (C=O) groups is 1. The Hall–Kier alpha value is -1.39. The molecule has 0 radical (unpaired) electrons. The summed E-state index contributed by atoms with van der Waals surface area (Å²) in [4.78, 5) is 11.2. The molecule has 0 aliphatic rings. The van der Waals surface area contributed by atoms with Crippen molar-refractivity contribution >= 4 is 5.78 Å². The molecule has 14 heavy (non-hydrogen) atoms. The van der Waals surface area contributed by atoms with Crippen molar-refractivity contribution in [2.24, 2.45) is 0 Å². The number of alkyl halides is 3. The normalized spacial score (nSPS) is 15.6. The summed E-state index contributed by atoms with van der Waals surface area (Å²) in [5, 5.41) is 0. The van der Waals surface area contributed by atoms with Crippen molar-refractivity contribution in [1.82, 2.24) is 0 Å². The van der Waals surface area contributed by atoms with Crippen LogP contribution >= 0.6 is 0 Å². The zero-order chi connectivity index (χ0) is 13.4. The van der Waals surface area contributed by atoms with E-state index in [0.717, 1.165) is 6.07 Å². The summed E-state index contributed by atoms with van der Waals surface area (Å²) in [7, 11) is 0. The molecule has 0 spiro atoms. The summed E-state index contributed by atoms with van der Waals surface area (Å²) >= 11 is 0.